The summed E-state index contributed by atoms with van der Waals surface area (Å²) in [6, 6.07) is 9.70. The first-order valence-electron chi connectivity index (χ1n) is 8.09. The number of esters is 1. The van der Waals surface area contributed by atoms with Gasteiger partial charge in [-0.15, -0.1) is 0 Å². The van der Waals surface area contributed by atoms with Crippen LogP contribution >= 0.6 is 0 Å². The number of amides is 1. The molecular weight excluding hydrogens is 294 g/mol. The van der Waals surface area contributed by atoms with Crippen molar-refractivity contribution in [3.05, 3.63) is 35.9 Å². The number of aryl methyl sites for hydroxylation is 1. The van der Waals surface area contributed by atoms with Crippen LogP contribution in [0, 0.1) is 0 Å². The van der Waals surface area contributed by atoms with Crippen LogP contribution < -0.4 is 0 Å². The molecule has 5 heteroatoms. The lowest BCUT2D eigenvalue weighted by Crippen LogP contribution is -2.44. The van der Waals surface area contributed by atoms with E-state index in [1.807, 2.05) is 18.2 Å². The third kappa shape index (κ3) is 4.65. The Morgan fingerprint density at radius 3 is 2.61 bits per heavy atom. The van der Waals surface area contributed by atoms with Gasteiger partial charge in [0.25, 0.3) is 0 Å². The Balaban J connectivity index is 1.78. The Hall–Kier alpha value is -2.17. The molecule has 0 saturated carbocycles. The summed E-state index contributed by atoms with van der Waals surface area (Å²) in [4.78, 5) is 37.0. The van der Waals surface area contributed by atoms with Crippen LogP contribution in [0.1, 0.15) is 37.7 Å². The number of benzene rings is 1. The molecule has 0 bridgehead atoms. The zero-order valence-electron chi connectivity index (χ0n) is 13.5. The molecular formula is C18H23NO4. The summed E-state index contributed by atoms with van der Waals surface area (Å²) >= 11 is 0. The number of hydrogen-bond donors (Lipinski definition) is 0. The second-order valence-electron chi connectivity index (χ2n) is 5.81. The van der Waals surface area contributed by atoms with E-state index in [0.29, 0.717) is 19.4 Å². The van der Waals surface area contributed by atoms with E-state index < -0.39 is 17.9 Å². The molecule has 0 aliphatic carbocycles. The molecule has 1 aliphatic heterocycles. The standard InChI is InChI=1S/C18H23NO4/c1-23-18(22)17(21)19-13-7-11-15(19)16(20)12-6-5-10-14-8-3-2-4-9-14/h2-4,8-9,15H,5-7,10-13H2,1H3/t15-/m0/s1. The second-order valence-corrected chi connectivity index (χ2v) is 5.81. The van der Waals surface area contributed by atoms with Gasteiger partial charge in [0.2, 0.25) is 0 Å². The lowest BCUT2D eigenvalue weighted by Gasteiger charge is -2.22. The van der Waals surface area contributed by atoms with Crippen molar-refractivity contribution < 1.29 is 19.1 Å². The Morgan fingerprint density at radius 2 is 1.91 bits per heavy atom. The van der Waals surface area contributed by atoms with E-state index in [2.05, 4.69) is 16.9 Å². The summed E-state index contributed by atoms with van der Waals surface area (Å²) in [7, 11) is 1.18. The summed E-state index contributed by atoms with van der Waals surface area (Å²) in [6.45, 7) is 0.453. The number of nitrogens with zero attached hydrogens (tertiary/aromatic N) is 1. The SMILES string of the molecule is COC(=O)C(=O)N1CCC[C@H]1C(=O)CCCCc1ccccc1. The van der Waals surface area contributed by atoms with E-state index in [1.165, 1.54) is 17.6 Å². The molecule has 2 rings (SSSR count). The fourth-order valence-corrected chi connectivity index (χ4v) is 2.99. The number of Topliss-reactive ketones (excluding diaryl/α,β-unsaturated/α-hetero) is 1. The topological polar surface area (TPSA) is 63.7 Å². The summed E-state index contributed by atoms with van der Waals surface area (Å²) in [5.41, 5.74) is 1.27. The fraction of sp³-hybridized carbons (Fsp3) is 0.500. The number of carbonyl (C=O) groups is 3. The highest BCUT2D eigenvalue weighted by molar-refractivity contribution is 6.32. The maximum Gasteiger partial charge on any atom is 0.396 e. The molecule has 5 nitrogen and oxygen atoms in total. The van der Waals surface area contributed by atoms with Gasteiger partial charge >= 0.3 is 11.9 Å². The third-order valence-electron chi connectivity index (χ3n) is 4.23. The highest BCUT2D eigenvalue weighted by atomic mass is 16.5. The van der Waals surface area contributed by atoms with Crippen molar-refractivity contribution in [3.8, 4) is 0 Å². The number of rotatable bonds is 6. The zero-order valence-corrected chi connectivity index (χ0v) is 13.5. The summed E-state index contributed by atoms with van der Waals surface area (Å²) in [5.74, 6) is -1.55. The molecule has 23 heavy (non-hydrogen) atoms. The predicted octanol–water partition coefficient (Wildman–Crippen LogP) is 2.13. The van der Waals surface area contributed by atoms with Crippen LogP contribution in [0.2, 0.25) is 0 Å². The van der Waals surface area contributed by atoms with E-state index in [0.717, 1.165) is 25.7 Å². The summed E-state index contributed by atoms with van der Waals surface area (Å²) in [6.07, 6.45) is 4.52. The highest BCUT2D eigenvalue weighted by Crippen LogP contribution is 2.21. The lowest BCUT2D eigenvalue weighted by atomic mass is 10.0. The summed E-state index contributed by atoms with van der Waals surface area (Å²) < 4.78 is 4.46. The molecule has 1 atom stereocenters. The molecule has 1 fully saturated rings. The number of methoxy groups -OCH3 is 1. The molecule has 124 valence electrons. The molecule has 1 aromatic rings. The molecule has 0 unspecified atom stereocenters. The van der Waals surface area contributed by atoms with Gasteiger partial charge in [-0.05, 0) is 37.7 Å². The zero-order chi connectivity index (χ0) is 16.7. The van der Waals surface area contributed by atoms with E-state index in [-0.39, 0.29) is 5.78 Å². The van der Waals surface area contributed by atoms with Gasteiger partial charge in [-0.3, -0.25) is 9.59 Å². The minimum Gasteiger partial charge on any atom is -0.462 e. The quantitative estimate of drug-likeness (QED) is 0.458. The number of ether oxygens (including phenoxy) is 1. The molecule has 1 aromatic carbocycles. The van der Waals surface area contributed by atoms with Gasteiger partial charge in [-0.25, -0.2) is 4.79 Å². The summed E-state index contributed by atoms with van der Waals surface area (Å²) in [5, 5.41) is 0. The molecule has 1 heterocycles. The van der Waals surface area contributed by atoms with Gasteiger partial charge in [0.05, 0.1) is 13.2 Å². The van der Waals surface area contributed by atoms with Crippen molar-refractivity contribution in [2.45, 2.75) is 44.6 Å². The van der Waals surface area contributed by atoms with E-state index >= 15 is 0 Å². The van der Waals surface area contributed by atoms with Crippen LogP contribution in [0.4, 0.5) is 0 Å². The minimum absolute atomic E-state index is 0.0489. The Morgan fingerprint density at radius 1 is 1.17 bits per heavy atom. The molecule has 1 amide bonds. The van der Waals surface area contributed by atoms with Crippen molar-refractivity contribution in [2.75, 3.05) is 13.7 Å². The van der Waals surface area contributed by atoms with Crippen LogP contribution in [0.25, 0.3) is 0 Å². The molecule has 0 radical (unpaired) electrons. The average Bonchev–Trinajstić information content (AvgIpc) is 3.07. The van der Waals surface area contributed by atoms with Gasteiger partial charge in [0, 0.05) is 13.0 Å². The minimum atomic E-state index is -0.895. The molecule has 0 N–H and O–H groups in total. The van der Waals surface area contributed by atoms with Crippen molar-refractivity contribution in [2.24, 2.45) is 0 Å². The van der Waals surface area contributed by atoms with Gasteiger partial charge in [-0.2, -0.15) is 0 Å². The predicted molar refractivity (Wildman–Crippen MR) is 85.8 cm³/mol. The van der Waals surface area contributed by atoms with Crippen LogP contribution in [-0.4, -0.2) is 42.3 Å². The Bertz CT molecular complexity index is 555. The first-order valence-corrected chi connectivity index (χ1v) is 8.09. The van der Waals surface area contributed by atoms with Crippen LogP contribution in [-0.2, 0) is 25.5 Å². The maximum atomic E-state index is 12.3. The first kappa shape index (κ1) is 17.2. The largest absolute Gasteiger partial charge is 0.462 e. The van der Waals surface area contributed by atoms with Crippen molar-refractivity contribution >= 4 is 17.7 Å². The number of likely N-dealkylation sites (tertiary alicyclic amines) is 1. The van der Waals surface area contributed by atoms with Crippen LogP contribution in [0.3, 0.4) is 0 Å². The van der Waals surface area contributed by atoms with Crippen molar-refractivity contribution in [1.29, 1.82) is 0 Å². The lowest BCUT2D eigenvalue weighted by molar-refractivity contribution is -0.159. The fourth-order valence-electron chi connectivity index (χ4n) is 2.99. The number of unbranched alkanes of at least 4 members (excludes halogenated alkanes) is 1. The molecule has 0 aromatic heterocycles. The first-order chi connectivity index (χ1) is 11.1. The maximum absolute atomic E-state index is 12.3. The smallest absolute Gasteiger partial charge is 0.396 e. The monoisotopic (exact) mass is 317 g/mol. The number of carbonyl (C=O) groups excluding carboxylic acids is 3. The highest BCUT2D eigenvalue weighted by Gasteiger charge is 2.36. The molecule has 0 spiro atoms. The van der Waals surface area contributed by atoms with Crippen molar-refractivity contribution in [3.63, 3.8) is 0 Å². The second kappa shape index (κ2) is 8.46. The Kier molecular flexibility index (Phi) is 6.32. The molecule has 1 saturated heterocycles. The van der Waals surface area contributed by atoms with E-state index in [4.69, 9.17) is 0 Å². The van der Waals surface area contributed by atoms with Gasteiger partial charge in [-0.1, -0.05) is 30.3 Å². The van der Waals surface area contributed by atoms with E-state index in [1.54, 1.807) is 0 Å². The van der Waals surface area contributed by atoms with Crippen molar-refractivity contribution in [1.82, 2.24) is 4.90 Å². The number of hydrogen-bond acceptors (Lipinski definition) is 4. The van der Waals surface area contributed by atoms with Crippen LogP contribution in [0.5, 0.6) is 0 Å². The third-order valence-corrected chi connectivity index (χ3v) is 4.23. The van der Waals surface area contributed by atoms with Gasteiger partial charge in [0.1, 0.15) is 0 Å². The average molecular weight is 317 g/mol. The normalized spacial score (nSPS) is 17.1. The van der Waals surface area contributed by atoms with Gasteiger partial charge in [0.15, 0.2) is 5.78 Å². The van der Waals surface area contributed by atoms with Crippen LogP contribution in [0.15, 0.2) is 30.3 Å². The molecule has 1 aliphatic rings. The number of ketones is 1. The van der Waals surface area contributed by atoms with Gasteiger partial charge < -0.3 is 9.64 Å². The Labute approximate surface area is 136 Å². The van der Waals surface area contributed by atoms with E-state index in [9.17, 15) is 14.4 Å².